The van der Waals surface area contributed by atoms with Crippen LogP contribution in [0.3, 0.4) is 0 Å². The van der Waals surface area contributed by atoms with Gasteiger partial charge in [0.15, 0.2) is 0 Å². The summed E-state index contributed by atoms with van der Waals surface area (Å²) in [6.45, 7) is 0. The van der Waals surface area contributed by atoms with Crippen molar-refractivity contribution in [3.8, 4) is 11.5 Å². The number of hydrazone groups is 1. The molecule has 0 fully saturated rings. The molecule has 2 rings (SSSR count). The van der Waals surface area contributed by atoms with E-state index in [1.165, 1.54) is 0 Å². The van der Waals surface area contributed by atoms with E-state index in [9.17, 15) is 5.11 Å². The van der Waals surface area contributed by atoms with Crippen molar-refractivity contribution in [3.63, 3.8) is 0 Å². The van der Waals surface area contributed by atoms with Crippen molar-refractivity contribution < 1.29 is 9.84 Å². The summed E-state index contributed by atoms with van der Waals surface area (Å²) in [6.07, 6.45) is 1.64. The lowest BCUT2D eigenvalue weighted by Gasteiger charge is -2.05. The van der Waals surface area contributed by atoms with E-state index >= 15 is 0 Å². The normalized spacial score (nSPS) is 10.8. The van der Waals surface area contributed by atoms with Gasteiger partial charge in [-0.05, 0) is 57.9 Å². The van der Waals surface area contributed by atoms with Crippen molar-refractivity contribution in [2.24, 2.45) is 5.10 Å². The molecule has 0 saturated carbocycles. The molecule has 0 aliphatic heterocycles. The third kappa shape index (κ3) is 3.65. The van der Waals surface area contributed by atoms with Crippen LogP contribution >= 0.6 is 27.5 Å². The van der Waals surface area contributed by atoms with E-state index in [-0.39, 0.29) is 5.75 Å². The summed E-state index contributed by atoms with van der Waals surface area (Å²) in [6, 6.07) is 10.4. The molecule has 0 saturated heterocycles. The van der Waals surface area contributed by atoms with Crippen molar-refractivity contribution >= 4 is 39.4 Å². The fourth-order valence-electron chi connectivity index (χ4n) is 1.52. The molecule has 2 aromatic carbocycles. The minimum absolute atomic E-state index is 0.192. The molecule has 0 spiro atoms. The van der Waals surface area contributed by atoms with Crippen LogP contribution in [0.25, 0.3) is 0 Å². The zero-order chi connectivity index (χ0) is 14.5. The fraction of sp³-hybridized carbons (Fsp3) is 0.0714. The van der Waals surface area contributed by atoms with Crippen molar-refractivity contribution in [2.45, 2.75) is 0 Å². The first kappa shape index (κ1) is 14.7. The molecule has 2 aromatic rings. The van der Waals surface area contributed by atoms with E-state index < -0.39 is 0 Å². The molecule has 6 heteroatoms. The van der Waals surface area contributed by atoms with Crippen LogP contribution in [0.1, 0.15) is 5.56 Å². The van der Waals surface area contributed by atoms with E-state index in [1.807, 2.05) is 6.07 Å². The van der Waals surface area contributed by atoms with E-state index in [0.717, 1.165) is 11.3 Å². The minimum Gasteiger partial charge on any atom is -0.507 e. The van der Waals surface area contributed by atoms with Gasteiger partial charge < -0.3 is 9.84 Å². The topological polar surface area (TPSA) is 53.8 Å². The predicted molar refractivity (Wildman–Crippen MR) is 85.0 cm³/mol. The van der Waals surface area contributed by atoms with Gasteiger partial charge in [0.05, 0.1) is 28.5 Å². The Labute approximate surface area is 130 Å². The van der Waals surface area contributed by atoms with Crippen LogP contribution in [0, 0.1) is 0 Å². The van der Waals surface area contributed by atoms with Gasteiger partial charge in [-0.3, -0.25) is 5.43 Å². The number of methoxy groups -OCH3 is 1. The van der Waals surface area contributed by atoms with Gasteiger partial charge in [-0.25, -0.2) is 0 Å². The molecule has 0 aromatic heterocycles. The summed E-state index contributed by atoms with van der Waals surface area (Å²) in [4.78, 5) is 0. The van der Waals surface area contributed by atoms with Gasteiger partial charge in [-0.2, -0.15) is 5.10 Å². The zero-order valence-corrected chi connectivity index (χ0v) is 12.9. The molecule has 104 valence electrons. The van der Waals surface area contributed by atoms with Gasteiger partial charge in [0, 0.05) is 0 Å². The first-order valence-corrected chi connectivity index (χ1v) is 6.88. The van der Waals surface area contributed by atoms with E-state index in [4.69, 9.17) is 16.3 Å². The molecule has 2 N–H and O–H groups in total. The van der Waals surface area contributed by atoms with Crippen molar-refractivity contribution in [3.05, 3.63) is 51.5 Å². The van der Waals surface area contributed by atoms with Crippen molar-refractivity contribution in [1.29, 1.82) is 0 Å². The second kappa shape index (κ2) is 6.63. The number of aromatic hydroxyl groups is 1. The summed E-state index contributed by atoms with van der Waals surface area (Å²) in [5, 5.41) is 14.0. The second-order valence-corrected chi connectivity index (χ2v) is 5.19. The summed E-state index contributed by atoms with van der Waals surface area (Å²) >= 11 is 9.26. The Bertz CT molecular complexity index is 647. The lowest BCUT2D eigenvalue weighted by Crippen LogP contribution is -1.92. The maximum absolute atomic E-state index is 9.39. The van der Waals surface area contributed by atoms with E-state index in [0.29, 0.717) is 15.2 Å². The molecule has 0 amide bonds. The fourth-order valence-corrected chi connectivity index (χ4v) is 2.17. The molecule has 0 atom stereocenters. The van der Waals surface area contributed by atoms with Crippen LogP contribution in [0.4, 0.5) is 5.69 Å². The Hall–Kier alpha value is -1.72. The lowest BCUT2D eigenvalue weighted by atomic mass is 10.2. The summed E-state index contributed by atoms with van der Waals surface area (Å²) in [5.41, 5.74) is 4.47. The third-order valence-electron chi connectivity index (χ3n) is 2.53. The van der Waals surface area contributed by atoms with Gasteiger partial charge >= 0.3 is 0 Å². The van der Waals surface area contributed by atoms with Gasteiger partial charge in [0.2, 0.25) is 0 Å². The molecule has 0 heterocycles. The maximum Gasteiger partial charge on any atom is 0.137 e. The number of nitrogens with one attached hydrogen (secondary N) is 1. The number of phenols is 1. The smallest absolute Gasteiger partial charge is 0.137 e. The van der Waals surface area contributed by atoms with E-state index in [1.54, 1.807) is 43.7 Å². The monoisotopic (exact) mass is 354 g/mol. The quantitative estimate of drug-likeness (QED) is 0.636. The summed E-state index contributed by atoms with van der Waals surface area (Å²) in [7, 11) is 1.56. The Morgan fingerprint density at radius 1 is 1.30 bits per heavy atom. The van der Waals surface area contributed by atoms with Crippen molar-refractivity contribution in [2.75, 3.05) is 12.5 Å². The number of nitrogens with zero attached hydrogens (tertiary/aromatic N) is 1. The highest BCUT2D eigenvalue weighted by Gasteiger charge is 2.01. The van der Waals surface area contributed by atoms with Crippen LogP contribution in [0.5, 0.6) is 11.5 Å². The number of anilines is 1. The lowest BCUT2D eigenvalue weighted by molar-refractivity contribution is 0.415. The molecule has 0 radical (unpaired) electrons. The molecule has 4 nitrogen and oxygen atoms in total. The van der Waals surface area contributed by atoms with Crippen LogP contribution in [-0.2, 0) is 0 Å². The van der Waals surface area contributed by atoms with Crippen LogP contribution < -0.4 is 10.2 Å². The average Bonchev–Trinajstić information content (AvgIpc) is 2.43. The number of hydrogen-bond acceptors (Lipinski definition) is 4. The molecule has 0 aliphatic carbocycles. The number of halogens is 2. The van der Waals surface area contributed by atoms with Crippen molar-refractivity contribution in [1.82, 2.24) is 0 Å². The highest BCUT2D eigenvalue weighted by Crippen LogP contribution is 2.27. The highest BCUT2D eigenvalue weighted by molar-refractivity contribution is 9.10. The number of hydrogen-bond donors (Lipinski definition) is 2. The second-order valence-electron chi connectivity index (χ2n) is 3.93. The summed E-state index contributed by atoms with van der Waals surface area (Å²) in [5.74, 6) is 0.806. The van der Waals surface area contributed by atoms with Gasteiger partial charge in [0.25, 0.3) is 0 Å². The largest absolute Gasteiger partial charge is 0.507 e. The van der Waals surface area contributed by atoms with Crippen LogP contribution in [0.15, 0.2) is 46.0 Å². The first-order chi connectivity index (χ1) is 9.60. The predicted octanol–water partition coefficient (Wildman–Crippen LogP) is 4.26. The number of benzene rings is 2. The molecule has 0 bridgehead atoms. The number of phenolic OH excluding ortho intramolecular Hbond substituents is 1. The third-order valence-corrected chi connectivity index (χ3v) is 3.46. The highest BCUT2D eigenvalue weighted by atomic mass is 79.9. The molecular formula is C14H12BrClN2O2. The van der Waals surface area contributed by atoms with Gasteiger partial charge in [0.1, 0.15) is 11.5 Å². The number of ether oxygens (including phenoxy) is 1. The van der Waals surface area contributed by atoms with E-state index in [2.05, 4.69) is 26.5 Å². The minimum atomic E-state index is 0.192. The Morgan fingerprint density at radius 3 is 2.75 bits per heavy atom. The molecule has 0 aliphatic rings. The maximum atomic E-state index is 9.39. The SMILES string of the molecule is COc1ccc(N/N=C/c2ccc(O)c(Br)c2)cc1Cl. The Balaban J connectivity index is 2.06. The zero-order valence-electron chi connectivity index (χ0n) is 10.6. The first-order valence-electron chi connectivity index (χ1n) is 5.71. The molecular weight excluding hydrogens is 344 g/mol. The molecule has 0 unspecified atom stereocenters. The number of rotatable bonds is 4. The molecule has 20 heavy (non-hydrogen) atoms. The average molecular weight is 356 g/mol. The standard InChI is InChI=1S/C14H12BrClN2O2/c1-20-14-5-3-10(7-12(14)16)18-17-8-9-2-4-13(19)11(15)6-9/h2-8,18-19H,1H3/b17-8+. The van der Waals surface area contributed by atoms with Crippen LogP contribution in [0.2, 0.25) is 5.02 Å². The van der Waals surface area contributed by atoms with Crippen LogP contribution in [-0.4, -0.2) is 18.4 Å². The Morgan fingerprint density at radius 2 is 2.10 bits per heavy atom. The summed E-state index contributed by atoms with van der Waals surface area (Å²) < 4.78 is 5.69. The van der Waals surface area contributed by atoms with Gasteiger partial charge in [-0.15, -0.1) is 0 Å². The van der Waals surface area contributed by atoms with Gasteiger partial charge in [-0.1, -0.05) is 11.6 Å². The Kier molecular flexibility index (Phi) is 4.87.